The molecule has 1 amide bonds. The molecule has 0 radical (unpaired) electrons. The number of aliphatic hydroxyl groups is 1. The molecule has 108 valence electrons. The van der Waals surface area contributed by atoms with E-state index < -0.39 is 6.10 Å². The van der Waals surface area contributed by atoms with E-state index >= 15 is 0 Å². The molecule has 1 aromatic carbocycles. The summed E-state index contributed by atoms with van der Waals surface area (Å²) in [6.45, 7) is 1.87. The van der Waals surface area contributed by atoms with Crippen molar-refractivity contribution in [1.29, 1.82) is 0 Å². The molecule has 4 nitrogen and oxygen atoms in total. The maximum absolute atomic E-state index is 12.5. The molecule has 0 spiro atoms. The van der Waals surface area contributed by atoms with Gasteiger partial charge in [-0.05, 0) is 24.8 Å². The van der Waals surface area contributed by atoms with Crippen molar-refractivity contribution < 1.29 is 14.6 Å². The van der Waals surface area contributed by atoms with Gasteiger partial charge >= 0.3 is 0 Å². The van der Waals surface area contributed by atoms with Crippen molar-refractivity contribution in [2.75, 3.05) is 19.8 Å². The molecule has 4 heteroatoms. The molecule has 0 aromatic heterocycles. The number of amides is 1. The third-order valence-electron chi connectivity index (χ3n) is 4.36. The quantitative estimate of drug-likeness (QED) is 0.902. The Morgan fingerprint density at radius 3 is 2.80 bits per heavy atom. The van der Waals surface area contributed by atoms with E-state index in [0.29, 0.717) is 26.2 Å². The molecule has 1 unspecified atom stereocenters. The molecule has 3 rings (SSSR count). The third-order valence-corrected chi connectivity index (χ3v) is 4.36. The maximum atomic E-state index is 12.5. The zero-order valence-corrected chi connectivity index (χ0v) is 11.6. The standard InChI is InChI=1S/C16H21NO3/c18-15-6-8-17(16(19)13-7-9-20-11-13)14(15)10-12-4-2-1-3-5-12/h1-5,13-15,18H,6-11H2/t13?,14-,15-/m0/s1. The van der Waals surface area contributed by atoms with Crippen molar-refractivity contribution in [3.8, 4) is 0 Å². The van der Waals surface area contributed by atoms with Crippen molar-refractivity contribution >= 4 is 5.91 Å². The van der Waals surface area contributed by atoms with Crippen molar-refractivity contribution in [1.82, 2.24) is 4.90 Å². The van der Waals surface area contributed by atoms with Crippen LogP contribution < -0.4 is 0 Å². The smallest absolute Gasteiger partial charge is 0.228 e. The summed E-state index contributed by atoms with van der Waals surface area (Å²) in [4.78, 5) is 14.4. The second kappa shape index (κ2) is 5.94. The molecule has 2 aliphatic heterocycles. The van der Waals surface area contributed by atoms with E-state index in [2.05, 4.69) is 0 Å². The molecule has 1 N–H and O–H groups in total. The lowest BCUT2D eigenvalue weighted by Gasteiger charge is -2.28. The number of ether oxygens (including phenoxy) is 1. The largest absolute Gasteiger partial charge is 0.391 e. The van der Waals surface area contributed by atoms with Crippen LogP contribution in [0.3, 0.4) is 0 Å². The Bertz CT molecular complexity index is 456. The summed E-state index contributed by atoms with van der Waals surface area (Å²) in [5.74, 6) is 0.138. The first-order valence-corrected chi connectivity index (χ1v) is 7.36. The second-order valence-corrected chi connectivity index (χ2v) is 5.71. The van der Waals surface area contributed by atoms with E-state index in [1.165, 1.54) is 5.56 Å². The number of aliphatic hydroxyl groups excluding tert-OH is 1. The van der Waals surface area contributed by atoms with Crippen LogP contribution in [0.15, 0.2) is 30.3 Å². The first-order valence-electron chi connectivity index (χ1n) is 7.36. The van der Waals surface area contributed by atoms with Gasteiger partial charge in [-0.3, -0.25) is 4.79 Å². The van der Waals surface area contributed by atoms with Crippen molar-refractivity contribution in [3.05, 3.63) is 35.9 Å². The van der Waals surface area contributed by atoms with E-state index in [9.17, 15) is 9.90 Å². The number of rotatable bonds is 3. The fourth-order valence-corrected chi connectivity index (χ4v) is 3.18. The molecular weight excluding hydrogens is 254 g/mol. The van der Waals surface area contributed by atoms with Crippen LogP contribution in [0.2, 0.25) is 0 Å². The Kier molecular flexibility index (Phi) is 4.03. The fraction of sp³-hybridized carbons (Fsp3) is 0.562. The Balaban J connectivity index is 1.71. The number of nitrogens with zero attached hydrogens (tertiary/aromatic N) is 1. The average Bonchev–Trinajstić information content (AvgIpc) is 3.11. The van der Waals surface area contributed by atoms with Crippen LogP contribution in [-0.2, 0) is 16.0 Å². The lowest BCUT2D eigenvalue weighted by Crippen LogP contribution is -2.44. The molecule has 2 saturated heterocycles. The molecular formula is C16H21NO3. The zero-order chi connectivity index (χ0) is 13.9. The van der Waals surface area contributed by atoms with Crippen LogP contribution in [0, 0.1) is 5.92 Å². The van der Waals surface area contributed by atoms with E-state index in [4.69, 9.17) is 4.74 Å². The highest BCUT2D eigenvalue weighted by Gasteiger charge is 2.39. The predicted molar refractivity (Wildman–Crippen MR) is 75.2 cm³/mol. The van der Waals surface area contributed by atoms with Crippen LogP contribution in [-0.4, -0.2) is 47.8 Å². The molecule has 2 aliphatic rings. The number of carbonyl (C=O) groups is 1. The summed E-state index contributed by atoms with van der Waals surface area (Å²) in [6, 6.07) is 9.97. The van der Waals surface area contributed by atoms with Crippen molar-refractivity contribution in [2.45, 2.75) is 31.4 Å². The summed E-state index contributed by atoms with van der Waals surface area (Å²) in [7, 11) is 0. The Labute approximate surface area is 119 Å². The van der Waals surface area contributed by atoms with E-state index in [1.807, 2.05) is 35.2 Å². The lowest BCUT2D eigenvalue weighted by molar-refractivity contribution is -0.137. The van der Waals surface area contributed by atoms with Gasteiger partial charge in [0.25, 0.3) is 0 Å². The zero-order valence-electron chi connectivity index (χ0n) is 11.6. The van der Waals surface area contributed by atoms with Gasteiger partial charge in [0.15, 0.2) is 0 Å². The minimum absolute atomic E-state index is 0.0152. The number of hydrogen-bond donors (Lipinski definition) is 1. The molecule has 3 atom stereocenters. The number of carbonyl (C=O) groups excluding carboxylic acids is 1. The summed E-state index contributed by atoms with van der Waals surface area (Å²) < 4.78 is 5.31. The molecule has 0 bridgehead atoms. The van der Waals surface area contributed by atoms with Gasteiger partial charge in [-0.1, -0.05) is 30.3 Å². The van der Waals surface area contributed by atoms with Crippen LogP contribution in [0.1, 0.15) is 18.4 Å². The van der Waals surface area contributed by atoms with E-state index in [-0.39, 0.29) is 17.9 Å². The first kappa shape index (κ1) is 13.6. The molecule has 0 saturated carbocycles. The normalized spacial score (nSPS) is 29.9. The van der Waals surface area contributed by atoms with Crippen molar-refractivity contribution in [3.63, 3.8) is 0 Å². The van der Waals surface area contributed by atoms with Gasteiger partial charge in [0.1, 0.15) is 0 Å². The Morgan fingerprint density at radius 1 is 1.30 bits per heavy atom. The second-order valence-electron chi connectivity index (χ2n) is 5.71. The summed E-state index contributed by atoms with van der Waals surface area (Å²) >= 11 is 0. The van der Waals surface area contributed by atoms with Gasteiger partial charge in [-0.15, -0.1) is 0 Å². The number of hydrogen-bond acceptors (Lipinski definition) is 3. The van der Waals surface area contributed by atoms with Gasteiger partial charge < -0.3 is 14.7 Å². The highest BCUT2D eigenvalue weighted by atomic mass is 16.5. The molecule has 2 heterocycles. The topological polar surface area (TPSA) is 49.8 Å². The van der Waals surface area contributed by atoms with Gasteiger partial charge in [0.05, 0.1) is 24.7 Å². The van der Waals surface area contributed by atoms with Crippen molar-refractivity contribution in [2.24, 2.45) is 5.92 Å². The average molecular weight is 275 g/mol. The Hall–Kier alpha value is -1.39. The number of benzene rings is 1. The third kappa shape index (κ3) is 2.72. The number of likely N-dealkylation sites (tertiary alicyclic amines) is 1. The lowest BCUT2D eigenvalue weighted by atomic mass is 10.0. The fourth-order valence-electron chi connectivity index (χ4n) is 3.18. The van der Waals surface area contributed by atoms with Gasteiger partial charge in [0.2, 0.25) is 5.91 Å². The van der Waals surface area contributed by atoms with Crippen LogP contribution in [0.25, 0.3) is 0 Å². The van der Waals surface area contributed by atoms with E-state index in [1.54, 1.807) is 0 Å². The maximum Gasteiger partial charge on any atom is 0.228 e. The first-order chi connectivity index (χ1) is 9.75. The van der Waals surface area contributed by atoms with Gasteiger partial charge in [-0.2, -0.15) is 0 Å². The van der Waals surface area contributed by atoms with Crippen LogP contribution in [0.4, 0.5) is 0 Å². The minimum atomic E-state index is -0.415. The Morgan fingerprint density at radius 2 is 2.10 bits per heavy atom. The molecule has 1 aromatic rings. The van der Waals surface area contributed by atoms with E-state index in [0.717, 1.165) is 12.8 Å². The summed E-state index contributed by atoms with van der Waals surface area (Å²) in [5.41, 5.74) is 1.17. The minimum Gasteiger partial charge on any atom is -0.391 e. The SMILES string of the molecule is O=C(C1CCOC1)N1CC[C@H](O)[C@@H]1Cc1ccccc1. The van der Waals surface area contributed by atoms with Crippen LogP contribution in [0.5, 0.6) is 0 Å². The monoisotopic (exact) mass is 275 g/mol. The van der Waals surface area contributed by atoms with Gasteiger partial charge in [0, 0.05) is 13.2 Å². The molecule has 0 aliphatic carbocycles. The highest BCUT2D eigenvalue weighted by Crippen LogP contribution is 2.26. The predicted octanol–water partition coefficient (Wildman–Crippen LogP) is 1.23. The summed E-state index contributed by atoms with van der Waals surface area (Å²) in [6.07, 6.45) is 1.79. The van der Waals surface area contributed by atoms with Gasteiger partial charge in [-0.25, -0.2) is 0 Å². The highest BCUT2D eigenvalue weighted by molar-refractivity contribution is 5.80. The van der Waals surface area contributed by atoms with Crippen LogP contribution >= 0.6 is 0 Å². The molecule has 2 fully saturated rings. The molecule has 20 heavy (non-hydrogen) atoms. The summed E-state index contributed by atoms with van der Waals surface area (Å²) in [5, 5.41) is 10.2.